The fourth-order valence-electron chi connectivity index (χ4n) is 3.22. The van der Waals surface area contributed by atoms with Crippen molar-refractivity contribution in [2.75, 3.05) is 7.11 Å². The lowest BCUT2D eigenvalue weighted by Crippen LogP contribution is -2.09. The van der Waals surface area contributed by atoms with Crippen LogP contribution in [0.25, 0.3) is 23.0 Å². The lowest BCUT2D eigenvalue weighted by molar-refractivity contribution is -0.135. The van der Waals surface area contributed by atoms with Crippen molar-refractivity contribution in [2.24, 2.45) is 0 Å². The van der Waals surface area contributed by atoms with Crippen LogP contribution in [-0.2, 0) is 20.9 Å². The minimum atomic E-state index is -0.645. The molecule has 0 heterocycles. The summed E-state index contributed by atoms with van der Waals surface area (Å²) in [5.74, 6) is 2.05. The Morgan fingerprint density at radius 1 is 1.10 bits per heavy atom. The van der Waals surface area contributed by atoms with Gasteiger partial charge in [0.1, 0.15) is 6.61 Å². The van der Waals surface area contributed by atoms with Gasteiger partial charge in [0.05, 0.1) is 7.11 Å². The van der Waals surface area contributed by atoms with Crippen LogP contribution in [0, 0.1) is 12.3 Å². The maximum atomic E-state index is 12.4. The van der Waals surface area contributed by atoms with Gasteiger partial charge in [-0.15, -0.1) is 6.42 Å². The number of hydrogen-bond acceptors (Lipinski definition) is 3. The van der Waals surface area contributed by atoms with Crippen LogP contribution in [0.5, 0.6) is 0 Å². The molecule has 0 bridgehead atoms. The number of rotatable bonds is 7. The predicted octanol–water partition coefficient (Wildman–Crippen LogP) is 6.38. The van der Waals surface area contributed by atoms with E-state index in [1.807, 2.05) is 72.8 Å². The Hall–Kier alpha value is -3.74. The number of halogens is 1. The second kappa shape index (κ2) is 10.3. The number of ether oxygens (including phenoxy) is 2. The minimum Gasteiger partial charge on any atom is -0.487 e. The summed E-state index contributed by atoms with van der Waals surface area (Å²) in [6, 6.07) is 22.8. The molecule has 0 fully saturated rings. The Morgan fingerprint density at radius 2 is 1.84 bits per heavy atom. The van der Waals surface area contributed by atoms with E-state index in [2.05, 4.69) is 12.5 Å². The molecular formula is C27H21ClO3. The van der Waals surface area contributed by atoms with Gasteiger partial charge in [-0.2, -0.15) is 0 Å². The second-order valence-electron chi connectivity index (χ2n) is 6.60. The molecule has 154 valence electrons. The molecule has 0 spiro atoms. The maximum absolute atomic E-state index is 12.4. The lowest BCUT2D eigenvalue weighted by atomic mass is 9.93. The molecule has 3 rings (SSSR count). The van der Waals surface area contributed by atoms with Crippen LogP contribution in [0.3, 0.4) is 0 Å². The van der Waals surface area contributed by atoms with Gasteiger partial charge in [-0.05, 0) is 34.4 Å². The zero-order chi connectivity index (χ0) is 22.2. The zero-order valence-corrected chi connectivity index (χ0v) is 17.9. The fraction of sp³-hybridized carbons (Fsp3) is 0.0741. The van der Waals surface area contributed by atoms with Crippen LogP contribution in [0.4, 0.5) is 0 Å². The van der Waals surface area contributed by atoms with Crippen molar-refractivity contribution in [3.05, 3.63) is 107 Å². The third-order valence-corrected chi connectivity index (χ3v) is 4.91. The Labute approximate surface area is 187 Å². The van der Waals surface area contributed by atoms with Crippen molar-refractivity contribution in [3.8, 4) is 23.5 Å². The second-order valence-corrected chi connectivity index (χ2v) is 7.03. The number of esters is 1. The Bertz CT molecular complexity index is 1170. The van der Waals surface area contributed by atoms with Gasteiger partial charge in [0.15, 0.2) is 11.3 Å². The Morgan fingerprint density at radius 3 is 2.48 bits per heavy atom. The van der Waals surface area contributed by atoms with Gasteiger partial charge in [-0.1, -0.05) is 90.8 Å². The summed E-state index contributed by atoms with van der Waals surface area (Å²) in [5.41, 5.74) is 4.15. The number of benzene rings is 3. The molecule has 0 N–H and O–H groups in total. The summed E-state index contributed by atoms with van der Waals surface area (Å²) in [6.07, 6.45) is 7.40. The third kappa shape index (κ3) is 5.06. The van der Waals surface area contributed by atoms with Gasteiger partial charge in [0.25, 0.3) is 0 Å². The van der Waals surface area contributed by atoms with Crippen molar-refractivity contribution in [1.82, 2.24) is 0 Å². The summed E-state index contributed by atoms with van der Waals surface area (Å²) in [5, 5.41) is 0.618. The average molecular weight is 429 g/mol. The van der Waals surface area contributed by atoms with E-state index in [-0.39, 0.29) is 17.9 Å². The van der Waals surface area contributed by atoms with Crippen molar-refractivity contribution in [3.63, 3.8) is 0 Å². The molecule has 0 aliphatic heterocycles. The summed E-state index contributed by atoms with van der Waals surface area (Å²) >= 11 is 6.20. The first-order valence-electron chi connectivity index (χ1n) is 9.56. The molecule has 0 aliphatic carbocycles. The van der Waals surface area contributed by atoms with E-state index in [0.29, 0.717) is 10.6 Å². The molecule has 3 aromatic carbocycles. The van der Waals surface area contributed by atoms with Gasteiger partial charge in [0, 0.05) is 10.6 Å². The molecule has 0 saturated carbocycles. The van der Waals surface area contributed by atoms with Crippen LogP contribution in [0.15, 0.2) is 84.9 Å². The smallest absolute Gasteiger partial charge is 0.350 e. The molecule has 0 atom stereocenters. The number of terminal acetylenes is 1. The molecule has 3 aromatic rings. The number of carbonyl (C=O) groups is 1. The minimum absolute atomic E-state index is 0.00442. The summed E-state index contributed by atoms with van der Waals surface area (Å²) in [7, 11) is 1.28. The third-order valence-electron chi connectivity index (χ3n) is 4.68. The van der Waals surface area contributed by atoms with E-state index in [1.54, 1.807) is 6.08 Å². The number of hydrogen-bond donors (Lipinski definition) is 0. The largest absolute Gasteiger partial charge is 0.487 e. The van der Waals surface area contributed by atoms with Gasteiger partial charge in [-0.25, -0.2) is 4.79 Å². The SMILES string of the molecule is C#C/C(C(=O)OC)=C(/OCc1ccccc1)c1cccc(-c2cccc(Cl)c2)c1C=C. The van der Waals surface area contributed by atoms with Gasteiger partial charge >= 0.3 is 5.97 Å². The van der Waals surface area contributed by atoms with E-state index < -0.39 is 5.97 Å². The molecule has 0 saturated heterocycles. The van der Waals surface area contributed by atoms with Gasteiger partial charge in [-0.3, -0.25) is 0 Å². The number of methoxy groups -OCH3 is 1. The van der Waals surface area contributed by atoms with Crippen molar-refractivity contribution >= 4 is 29.4 Å². The van der Waals surface area contributed by atoms with Gasteiger partial charge < -0.3 is 9.47 Å². The molecule has 0 aliphatic rings. The Balaban J connectivity index is 2.18. The molecule has 4 heteroatoms. The molecule has 0 amide bonds. The van der Waals surface area contributed by atoms with Crippen molar-refractivity contribution < 1.29 is 14.3 Å². The number of carbonyl (C=O) groups excluding carboxylic acids is 1. The fourth-order valence-corrected chi connectivity index (χ4v) is 3.41. The molecule has 31 heavy (non-hydrogen) atoms. The summed E-state index contributed by atoms with van der Waals surface area (Å²) in [6.45, 7) is 4.20. The molecule has 0 unspecified atom stereocenters. The summed E-state index contributed by atoms with van der Waals surface area (Å²) in [4.78, 5) is 12.4. The van der Waals surface area contributed by atoms with Gasteiger partial charge in [0.2, 0.25) is 0 Å². The van der Waals surface area contributed by atoms with Crippen LogP contribution in [0.2, 0.25) is 5.02 Å². The van der Waals surface area contributed by atoms with Crippen LogP contribution < -0.4 is 0 Å². The van der Waals surface area contributed by atoms with Crippen LogP contribution in [-0.4, -0.2) is 13.1 Å². The maximum Gasteiger partial charge on any atom is 0.350 e. The molecule has 0 radical (unpaired) electrons. The lowest BCUT2D eigenvalue weighted by Gasteiger charge is -2.18. The van der Waals surface area contributed by atoms with E-state index in [4.69, 9.17) is 27.5 Å². The van der Waals surface area contributed by atoms with Crippen molar-refractivity contribution in [2.45, 2.75) is 6.61 Å². The zero-order valence-electron chi connectivity index (χ0n) is 17.1. The standard InChI is InChI=1S/C27H21ClO3/c1-4-22-24(20-13-9-14-21(28)17-20)15-10-16-25(22)26(23(5-2)27(29)30-3)31-18-19-11-7-6-8-12-19/h2,4,6-17H,1,18H2,3H3/b26-23-. The molecule has 0 aromatic heterocycles. The first-order chi connectivity index (χ1) is 15.1. The topological polar surface area (TPSA) is 35.5 Å². The predicted molar refractivity (Wildman–Crippen MR) is 126 cm³/mol. The quantitative estimate of drug-likeness (QED) is 0.189. The van der Waals surface area contributed by atoms with Crippen molar-refractivity contribution in [1.29, 1.82) is 0 Å². The summed E-state index contributed by atoms with van der Waals surface area (Å²) < 4.78 is 11.0. The van der Waals surface area contributed by atoms with E-state index in [0.717, 1.165) is 22.3 Å². The first-order valence-corrected chi connectivity index (χ1v) is 9.94. The normalized spacial score (nSPS) is 11.1. The highest BCUT2D eigenvalue weighted by molar-refractivity contribution is 6.30. The van der Waals surface area contributed by atoms with Crippen LogP contribution >= 0.6 is 11.6 Å². The first kappa shape index (κ1) is 22.0. The molecular weight excluding hydrogens is 408 g/mol. The monoisotopic (exact) mass is 428 g/mol. The van der Waals surface area contributed by atoms with Crippen LogP contribution in [0.1, 0.15) is 16.7 Å². The molecule has 3 nitrogen and oxygen atoms in total. The average Bonchev–Trinajstić information content (AvgIpc) is 2.81. The van der Waals surface area contributed by atoms with E-state index in [9.17, 15) is 4.79 Å². The van der Waals surface area contributed by atoms with E-state index in [1.165, 1.54) is 7.11 Å². The Kier molecular flexibility index (Phi) is 7.32. The highest BCUT2D eigenvalue weighted by atomic mass is 35.5. The highest BCUT2D eigenvalue weighted by Crippen LogP contribution is 2.34. The highest BCUT2D eigenvalue weighted by Gasteiger charge is 2.21. The van der Waals surface area contributed by atoms with E-state index >= 15 is 0 Å².